The maximum Gasteiger partial charge on any atom is 0.323 e. The Hall–Kier alpha value is -2.34. The molecule has 1 aromatic carbocycles. The number of rotatable bonds is 10. The molecule has 2 heterocycles. The summed E-state index contributed by atoms with van der Waals surface area (Å²) in [5.74, 6) is -0.360. The third-order valence-electron chi connectivity index (χ3n) is 6.85. The van der Waals surface area contributed by atoms with E-state index in [9.17, 15) is 14.7 Å². The molecule has 0 bridgehead atoms. The van der Waals surface area contributed by atoms with E-state index in [0.29, 0.717) is 5.75 Å². The number of aliphatic hydroxyl groups is 1. The molecule has 3 N–H and O–H groups in total. The Kier molecular flexibility index (Phi) is 9.46. The lowest BCUT2D eigenvalue weighted by atomic mass is 9.98. The highest BCUT2D eigenvalue weighted by Crippen LogP contribution is 2.47. The zero-order valence-corrected chi connectivity index (χ0v) is 23.7. The minimum absolute atomic E-state index is 0.106. The highest BCUT2D eigenvalue weighted by Gasteiger charge is 2.57. The predicted octanol–water partition coefficient (Wildman–Crippen LogP) is 3.39. The highest BCUT2D eigenvalue weighted by atomic mass is 32.5. The van der Waals surface area contributed by atoms with Gasteiger partial charge in [0.25, 0.3) is 5.91 Å². The lowest BCUT2D eigenvalue weighted by Gasteiger charge is -2.35. The molecule has 4 unspecified atom stereocenters. The SMILES string of the molecule is C=C1NC(=O)C=CN1[C@@H]1O[C@H](COP(=S)(NC(C)C(=O)OC2CCCCC2)Oc2ccccc2)C(O)C1(C)F. The number of halogens is 1. The van der Waals surface area contributed by atoms with Gasteiger partial charge in [-0.1, -0.05) is 31.2 Å². The van der Waals surface area contributed by atoms with E-state index >= 15 is 4.39 Å². The van der Waals surface area contributed by atoms with Gasteiger partial charge < -0.3 is 33.8 Å². The number of carbonyl (C=O) groups excluding carboxylic acids is 2. The Labute approximate surface area is 232 Å². The van der Waals surface area contributed by atoms with Gasteiger partial charge in [-0.05, 0) is 63.5 Å². The van der Waals surface area contributed by atoms with Crippen molar-refractivity contribution in [3.8, 4) is 5.75 Å². The summed E-state index contributed by atoms with van der Waals surface area (Å²) in [7, 11) is 0. The van der Waals surface area contributed by atoms with Gasteiger partial charge in [-0.25, -0.2) is 9.48 Å². The largest absolute Gasteiger partial charge is 0.461 e. The van der Waals surface area contributed by atoms with Crippen LogP contribution in [0.15, 0.2) is 55.0 Å². The molecule has 1 amide bonds. The Morgan fingerprint density at radius 2 is 2.05 bits per heavy atom. The number of para-hydroxylation sites is 1. The normalized spacial score (nSPS) is 29.9. The smallest absolute Gasteiger partial charge is 0.323 e. The minimum atomic E-state index is -3.43. The van der Waals surface area contributed by atoms with Crippen molar-refractivity contribution in [2.24, 2.45) is 0 Å². The lowest BCUT2D eigenvalue weighted by Crippen LogP contribution is -2.51. The average molecular weight is 584 g/mol. The fourth-order valence-corrected chi connectivity index (χ4v) is 7.09. The maximum absolute atomic E-state index is 15.7. The Bertz CT molecular complexity index is 1130. The summed E-state index contributed by atoms with van der Waals surface area (Å²) in [6, 6.07) is 7.86. The maximum atomic E-state index is 15.7. The molecular formula is C26H35FN3O7PS. The van der Waals surface area contributed by atoms with E-state index in [-0.39, 0.29) is 18.5 Å². The molecule has 214 valence electrons. The molecule has 2 fully saturated rings. The van der Waals surface area contributed by atoms with Gasteiger partial charge in [0.15, 0.2) is 11.9 Å². The van der Waals surface area contributed by atoms with Crippen LogP contribution in [0, 0.1) is 0 Å². The van der Waals surface area contributed by atoms with Crippen molar-refractivity contribution in [3.05, 3.63) is 55.0 Å². The van der Waals surface area contributed by atoms with Gasteiger partial charge in [0, 0.05) is 12.3 Å². The van der Waals surface area contributed by atoms with Crippen molar-refractivity contribution >= 4 is 30.3 Å². The number of benzene rings is 1. The number of hydrogen-bond acceptors (Lipinski definition) is 9. The number of alkyl halides is 1. The summed E-state index contributed by atoms with van der Waals surface area (Å²) in [6.07, 6.45) is 3.19. The third-order valence-corrected chi connectivity index (χ3v) is 9.35. The summed E-state index contributed by atoms with van der Waals surface area (Å²) in [6.45, 7) is 2.76. The second-order valence-corrected chi connectivity index (χ2v) is 13.2. The molecule has 1 aromatic rings. The van der Waals surface area contributed by atoms with Crippen molar-refractivity contribution in [2.45, 2.75) is 82.2 Å². The number of esters is 1. The van der Waals surface area contributed by atoms with Gasteiger partial charge >= 0.3 is 12.6 Å². The zero-order chi connectivity index (χ0) is 28.2. The summed E-state index contributed by atoms with van der Waals surface area (Å²) in [5, 5.41) is 16.2. The van der Waals surface area contributed by atoms with Gasteiger partial charge in [-0.2, -0.15) is 0 Å². The van der Waals surface area contributed by atoms with Gasteiger partial charge in [0.1, 0.15) is 35.9 Å². The summed E-state index contributed by atoms with van der Waals surface area (Å²) in [5.41, 5.74) is -2.25. The van der Waals surface area contributed by atoms with Crippen LogP contribution in [0.3, 0.4) is 0 Å². The lowest BCUT2D eigenvalue weighted by molar-refractivity contribution is -0.152. The van der Waals surface area contributed by atoms with Crippen LogP contribution in [0.1, 0.15) is 46.0 Å². The number of carbonyl (C=O) groups is 2. The second-order valence-electron chi connectivity index (χ2n) is 10.0. The second kappa shape index (κ2) is 12.4. The first-order valence-corrected chi connectivity index (χ1v) is 15.6. The Balaban J connectivity index is 1.45. The summed E-state index contributed by atoms with van der Waals surface area (Å²) < 4.78 is 39.2. The summed E-state index contributed by atoms with van der Waals surface area (Å²) >= 11 is 5.73. The predicted molar refractivity (Wildman–Crippen MR) is 145 cm³/mol. The highest BCUT2D eigenvalue weighted by molar-refractivity contribution is 8.09. The van der Waals surface area contributed by atoms with E-state index in [2.05, 4.69) is 17.0 Å². The molecule has 39 heavy (non-hydrogen) atoms. The minimum Gasteiger partial charge on any atom is -0.461 e. The van der Waals surface area contributed by atoms with Gasteiger partial charge in [0.2, 0.25) is 0 Å². The molecule has 1 saturated heterocycles. The van der Waals surface area contributed by atoms with E-state index < -0.39 is 48.7 Å². The quantitative estimate of drug-likeness (QED) is 0.279. The number of hydrogen-bond donors (Lipinski definition) is 3. The van der Waals surface area contributed by atoms with Crippen molar-refractivity contribution in [1.82, 2.24) is 15.3 Å². The molecule has 3 aliphatic rings. The van der Waals surface area contributed by atoms with Crippen LogP contribution < -0.4 is 14.9 Å². The van der Waals surface area contributed by atoms with Crippen molar-refractivity contribution in [1.29, 1.82) is 0 Å². The number of nitrogens with zero attached hydrogens (tertiary/aromatic N) is 1. The molecular weight excluding hydrogens is 548 g/mol. The van der Waals surface area contributed by atoms with E-state index in [4.69, 9.17) is 30.3 Å². The van der Waals surface area contributed by atoms with Crippen LogP contribution in [-0.2, 0) is 35.4 Å². The molecule has 1 saturated carbocycles. The van der Waals surface area contributed by atoms with Crippen LogP contribution in [-0.4, -0.2) is 64.7 Å². The van der Waals surface area contributed by atoms with Crippen molar-refractivity contribution < 1.29 is 37.6 Å². The Morgan fingerprint density at radius 1 is 1.36 bits per heavy atom. The van der Waals surface area contributed by atoms with Crippen LogP contribution in [0.2, 0.25) is 0 Å². The topological polar surface area (TPSA) is 119 Å². The van der Waals surface area contributed by atoms with Gasteiger partial charge in [0.05, 0.1) is 6.61 Å². The van der Waals surface area contributed by atoms with Crippen LogP contribution in [0.25, 0.3) is 0 Å². The number of nitrogens with one attached hydrogen (secondary N) is 2. The monoisotopic (exact) mass is 583 g/mol. The van der Waals surface area contributed by atoms with Crippen LogP contribution >= 0.6 is 6.64 Å². The molecule has 0 spiro atoms. The zero-order valence-electron chi connectivity index (χ0n) is 22.0. The molecule has 2 aliphatic heterocycles. The molecule has 13 heteroatoms. The molecule has 6 atom stereocenters. The molecule has 4 rings (SSSR count). The Morgan fingerprint density at radius 3 is 2.72 bits per heavy atom. The third kappa shape index (κ3) is 7.25. The van der Waals surface area contributed by atoms with Gasteiger partial charge in [-0.15, -0.1) is 0 Å². The van der Waals surface area contributed by atoms with Crippen molar-refractivity contribution in [3.63, 3.8) is 0 Å². The van der Waals surface area contributed by atoms with E-state index in [1.54, 1.807) is 31.2 Å². The first-order valence-electron chi connectivity index (χ1n) is 12.9. The number of aliphatic hydroxyl groups excluding tert-OH is 1. The number of amides is 1. The average Bonchev–Trinajstić information content (AvgIpc) is 3.12. The molecule has 0 radical (unpaired) electrons. The standard InChI is InChI=1S/C26H35FN3O7PS/c1-17(24(33)35-19-10-6-4-7-11-19)29-38(39,37-20-12-8-5-9-13-20)34-16-21-23(32)26(3,27)25(36-21)30-15-14-22(31)28-18(30)2/h5,8-9,12-15,17,19,21,23,25,32H,2,4,6-7,10-11,16H2,1,3H3,(H,28,31)(H,29,39)/t17?,21-,23?,25-,26?,38?/m1/s1. The first kappa shape index (κ1) is 29.6. The first-order chi connectivity index (χ1) is 18.5. The van der Waals surface area contributed by atoms with Gasteiger partial charge in [-0.3, -0.25) is 9.59 Å². The fraction of sp³-hybridized carbons (Fsp3) is 0.538. The molecule has 0 aromatic heterocycles. The van der Waals surface area contributed by atoms with Crippen molar-refractivity contribution in [2.75, 3.05) is 6.61 Å². The number of ether oxygens (including phenoxy) is 2. The molecule has 1 aliphatic carbocycles. The van der Waals surface area contributed by atoms with Crippen LogP contribution in [0.4, 0.5) is 4.39 Å². The van der Waals surface area contributed by atoms with Crippen LogP contribution in [0.5, 0.6) is 5.75 Å². The van der Waals surface area contributed by atoms with E-state index in [1.165, 1.54) is 24.1 Å². The van der Waals surface area contributed by atoms with E-state index in [1.807, 2.05) is 6.07 Å². The fourth-order valence-electron chi connectivity index (χ4n) is 4.68. The summed E-state index contributed by atoms with van der Waals surface area (Å²) in [4.78, 5) is 25.7. The van der Waals surface area contributed by atoms with E-state index in [0.717, 1.165) is 32.1 Å². The molecule has 10 nitrogen and oxygen atoms in total.